The van der Waals surface area contributed by atoms with Gasteiger partial charge in [-0.15, -0.1) is 6.42 Å². The zero-order valence-electron chi connectivity index (χ0n) is 21.9. The third-order valence-corrected chi connectivity index (χ3v) is 7.58. The molecule has 4 rings (SSSR count). The van der Waals surface area contributed by atoms with E-state index >= 15 is 0 Å². The summed E-state index contributed by atoms with van der Waals surface area (Å²) in [5.41, 5.74) is 1.73. The average Bonchev–Trinajstić information content (AvgIpc) is 3.22. The highest BCUT2D eigenvalue weighted by molar-refractivity contribution is 9.10. The van der Waals surface area contributed by atoms with Gasteiger partial charge in [0.1, 0.15) is 12.4 Å². The third-order valence-electron chi connectivity index (χ3n) is 5.91. The second-order valence-corrected chi connectivity index (χ2v) is 10.2. The number of rotatable bonds is 9. The van der Waals surface area contributed by atoms with Crippen LogP contribution in [0.5, 0.6) is 17.2 Å². The summed E-state index contributed by atoms with van der Waals surface area (Å²) in [6.07, 6.45) is 7.10. The van der Waals surface area contributed by atoms with E-state index in [1.165, 1.54) is 23.0 Å². The molecular weight excluding hydrogens is 584 g/mol. The molecule has 2 aromatic carbocycles. The van der Waals surface area contributed by atoms with E-state index < -0.39 is 12.0 Å². The second kappa shape index (κ2) is 12.4. The number of ether oxygens (including phenoxy) is 4. The lowest BCUT2D eigenvalue weighted by molar-refractivity contribution is -0.139. The van der Waals surface area contributed by atoms with Gasteiger partial charge in [0.05, 0.1) is 42.2 Å². The van der Waals surface area contributed by atoms with Crippen LogP contribution >= 0.6 is 27.3 Å². The van der Waals surface area contributed by atoms with Gasteiger partial charge in [-0.25, -0.2) is 9.79 Å². The predicted octanol–water partition coefficient (Wildman–Crippen LogP) is 3.98. The molecule has 0 radical (unpaired) electrons. The van der Waals surface area contributed by atoms with Gasteiger partial charge in [-0.1, -0.05) is 51.4 Å². The van der Waals surface area contributed by atoms with Crippen molar-refractivity contribution in [3.05, 3.63) is 83.0 Å². The SMILES string of the molecule is C#CCOc1ccccc1/C=c1/sc2n(c1=O)[C@H](c1cc(OC)c(OCC)cc1Br)C(C(=O)OCC)=C(C)N=2. The highest BCUT2D eigenvalue weighted by Crippen LogP contribution is 2.41. The zero-order valence-corrected chi connectivity index (χ0v) is 24.4. The van der Waals surface area contributed by atoms with Crippen molar-refractivity contribution < 1.29 is 23.7 Å². The molecule has 10 heteroatoms. The number of hydrogen-bond donors (Lipinski definition) is 0. The summed E-state index contributed by atoms with van der Waals surface area (Å²) in [6, 6.07) is 10.0. The Balaban J connectivity index is 1.98. The van der Waals surface area contributed by atoms with E-state index in [9.17, 15) is 9.59 Å². The van der Waals surface area contributed by atoms with Crippen molar-refractivity contribution in [2.24, 2.45) is 4.99 Å². The number of esters is 1. The molecule has 1 atom stereocenters. The number of fused-ring (bicyclic) bond motifs is 1. The molecule has 1 aliphatic heterocycles. The molecule has 0 amide bonds. The van der Waals surface area contributed by atoms with Crippen LogP contribution in [0, 0.1) is 12.3 Å². The Kier molecular flexibility index (Phi) is 8.94. The number of methoxy groups -OCH3 is 1. The normalized spacial score (nSPS) is 14.8. The van der Waals surface area contributed by atoms with Crippen molar-refractivity contribution in [2.45, 2.75) is 26.8 Å². The highest BCUT2D eigenvalue weighted by Gasteiger charge is 2.35. The summed E-state index contributed by atoms with van der Waals surface area (Å²) in [5.74, 6) is 3.46. The van der Waals surface area contributed by atoms with Crippen LogP contribution in [0.2, 0.25) is 0 Å². The fourth-order valence-corrected chi connectivity index (χ4v) is 5.84. The third kappa shape index (κ3) is 5.65. The Morgan fingerprint density at radius 2 is 1.95 bits per heavy atom. The largest absolute Gasteiger partial charge is 0.493 e. The van der Waals surface area contributed by atoms with Gasteiger partial charge in [-0.3, -0.25) is 9.36 Å². The molecule has 0 spiro atoms. The minimum atomic E-state index is -0.825. The van der Waals surface area contributed by atoms with Crippen molar-refractivity contribution in [1.82, 2.24) is 4.57 Å². The Morgan fingerprint density at radius 1 is 1.18 bits per heavy atom. The van der Waals surface area contributed by atoms with Crippen LogP contribution in [0.1, 0.15) is 37.9 Å². The maximum atomic E-state index is 14.0. The molecule has 0 saturated carbocycles. The number of para-hydroxylation sites is 1. The summed E-state index contributed by atoms with van der Waals surface area (Å²) < 4.78 is 24.9. The molecule has 1 aliphatic rings. The Labute approximate surface area is 238 Å². The standard InChI is InChI=1S/C29H27BrN2O6S/c1-6-13-38-21-12-10-9-11-18(21)14-24-27(33)32-26(19-15-22(35-5)23(36-7-2)16-20(19)30)25(28(34)37-8-3)17(4)31-29(32)39-24/h1,9-12,14-16,26H,7-8,13H2,2-5H3/b24-14+/t26-/m1/s1. The van der Waals surface area contributed by atoms with Crippen molar-refractivity contribution in [3.63, 3.8) is 0 Å². The van der Waals surface area contributed by atoms with Crippen molar-refractivity contribution in [3.8, 4) is 29.6 Å². The minimum Gasteiger partial charge on any atom is -0.493 e. The van der Waals surface area contributed by atoms with Gasteiger partial charge >= 0.3 is 5.97 Å². The van der Waals surface area contributed by atoms with E-state index in [4.69, 9.17) is 25.4 Å². The van der Waals surface area contributed by atoms with E-state index in [2.05, 4.69) is 26.8 Å². The Morgan fingerprint density at radius 3 is 2.64 bits per heavy atom. The molecule has 0 aliphatic carbocycles. The van der Waals surface area contributed by atoms with Gasteiger partial charge in [0, 0.05) is 10.0 Å². The fraction of sp³-hybridized carbons (Fsp3) is 0.276. The van der Waals surface area contributed by atoms with Crippen molar-refractivity contribution in [1.29, 1.82) is 0 Å². The first-order valence-electron chi connectivity index (χ1n) is 12.2. The van der Waals surface area contributed by atoms with Crippen LogP contribution in [-0.4, -0.2) is 37.5 Å². The van der Waals surface area contributed by atoms with Crippen molar-refractivity contribution in [2.75, 3.05) is 26.9 Å². The number of benzene rings is 2. The smallest absolute Gasteiger partial charge is 0.338 e. The summed E-state index contributed by atoms with van der Waals surface area (Å²) >= 11 is 4.85. The number of nitrogens with zero attached hydrogens (tertiary/aromatic N) is 2. The van der Waals surface area contributed by atoms with Gasteiger partial charge in [0.2, 0.25) is 0 Å². The lowest BCUT2D eigenvalue weighted by Gasteiger charge is -2.26. The number of carbonyl (C=O) groups excluding carboxylic acids is 1. The molecule has 8 nitrogen and oxygen atoms in total. The first-order chi connectivity index (χ1) is 18.8. The van der Waals surface area contributed by atoms with Gasteiger partial charge < -0.3 is 18.9 Å². The molecule has 2 heterocycles. The predicted molar refractivity (Wildman–Crippen MR) is 153 cm³/mol. The number of allylic oxidation sites excluding steroid dienone is 1. The van der Waals surface area contributed by atoms with Crippen LogP contribution in [0.15, 0.2) is 61.9 Å². The molecule has 0 unspecified atom stereocenters. The summed E-state index contributed by atoms with van der Waals surface area (Å²) in [7, 11) is 1.54. The average molecular weight is 612 g/mol. The first kappa shape index (κ1) is 28.2. The molecule has 0 saturated heterocycles. The number of aromatic nitrogens is 1. The van der Waals surface area contributed by atoms with Gasteiger partial charge in [0.25, 0.3) is 5.56 Å². The van der Waals surface area contributed by atoms with E-state index in [1.54, 1.807) is 38.1 Å². The van der Waals surface area contributed by atoms with Crippen LogP contribution in [0.4, 0.5) is 0 Å². The molecule has 0 fully saturated rings. The molecule has 0 N–H and O–H groups in total. The summed E-state index contributed by atoms with van der Waals surface area (Å²) in [5, 5.41) is 0. The molecule has 202 valence electrons. The number of halogens is 1. The van der Waals surface area contributed by atoms with E-state index in [0.29, 0.717) is 54.5 Å². The van der Waals surface area contributed by atoms with E-state index in [1.807, 2.05) is 25.1 Å². The maximum Gasteiger partial charge on any atom is 0.338 e. The number of carbonyl (C=O) groups is 1. The summed E-state index contributed by atoms with van der Waals surface area (Å²) in [4.78, 5) is 32.3. The molecule has 0 bridgehead atoms. The summed E-state index contributed by atoms with van der Waals surface area (Å²) in [6.45, 7) is 6.06. The fourth-order valence-electron chi connectivity index (χ4n) is 4.27. The van der Waals surface area contributed by atoms with E-state index in [-0.39, 0.29) is 24.3 Å². The van der Waals surface area contributed by atoms with Crippen LogP contribution < -0.4 is 29.1 Å². The highest BCUT2D eigenvalue weighted by atomic mass is 79.9. The number of hydrogen-bond acceptors (Lipinski definition) is 8. The minimum absolute atomic E-state index is 0.0990. The molecule has 3 aromatic rings. The van der Waals surface area contributed by atoms with Crippen LogP contribution in [-0.2, 0) is 9.53 Å². The van der Waals surface area contributed by atoms with Crippen LogP contribution in [0.3, 0.4) is 0 Å². The number of thiazole rings is 1. The van der Waals surface area contributed by atoms with Crippen molar-refractivity contribution >= 4 is 39.3 Å². The lowest BCUT2D eigenvalue weighted by atomic mass is 9.95. The zero-order chi connectivity index (χ0) is 28.1. The lowest BCUT2D eigenvalue weighted by Crippen LogP contribution is -2.40. The quantitative estimate of drug-likeness (QED) is 0.269. The first-order valence-corrected chi connectivity index (χ1v) is 13.8. The Hall–Kier alpha value is -3.81. The Bertz CT molecular complexity index is 1660. The second-order valence-electron chi connectivity index (χ2n) is 8.29. The van der Waals surface area contributed by atoms with Gasteiger partial charge in [0.15, 0.2) is 16.3 Å². The molecule has 39 heavy (non-hydrogen) atoms. The topological polar surface area (TPSA) is 88.3 Å². The molecular formula is C29H27BrN2O6S. The maximum absolute atomic E-state index is 14.0. The van der Waals surface area contributed by atoms with Gasteiger partial charge in [-0.05, 0) is 50.6 Å². The monoisotopic (exact) mass is 610 g/mol. The molecule has 1 aromatic heterocycles. The van der Waals surface area contributed by atoms with Gasteiger partial charge in [-0.2, -0.15) is 0 Å². The van der Waals surface area contributed by atoms with Crippen LogP contribution in [0.25, 0.3) is 6.08 Å². The van der Waals surface area contributed by atoms with E-state index in [0.717, 1.165) is 0 Å². The number of terminal acetylenes is 1.